The first-order valence-corrected chi connectivity index (χ1v) is 5.60. The molecule has 0 aromatic carbocycles. The largest absolute Gasteiger partial charge is 0.395 e. The molecule has 0 saturated heterocycles. The highest BCUT2D eigenvalue weighted by Crippen LogP contribution is 2.05. The molecule has 0 aromatic heterocycles. The van der Waals surface area contributed by atoms with Crippen molar-refractivity contribution in [3.63, 3.8) is 0 Å². The predicted molar refractivity (Wildman–Crippen MR) is 61.7 cm³/mol. The summed E-state index contributed by atoms with van der Waals surface area (Å²) in [5, 5.41) is 14.9. The number of carbonyl (C=O) groups is 1. The predicted octanol–water partition coefficient (Wildman–Crippen LogP) is 0.652. The van der Waals surface area contributed by atoms with Crippen molar-refractivity contribution in [2.75, 3.05) is 13.2 Å². The summed E-state index contributed by atoms with van der Waals surface area (Å²) < 4.78 is 0. The lowest BCUT2D eigenvalue weighted by Crippen LogP contribution is -2.48. The van der Waals surface area contributed by atoms with Crippen LogP contribution < -0.4 is 10.6 Å². The Hall–Kier alpha value is -0.610. The van der Waals surface area contributed by atoms with E-state index in [2.05, 4.69) is 10.6 Å². The second kappa shape index (κ2) is 6.80. The van der Waals surface area contributed by atoms with Gasteiger partial charge in [0.2, 0.25) is 5.91 Å². The molecule has 0 aromatic rings. The third-order valence-electron chi connectivity index (χ3n) is 2.63. The molecule has 0 rings (SSSR count). The minimum Gasteiger partial charge on any atom is -0.395 e. The lowest BCUT2D eigenvalue weighted by molar-refractivity contribution is -0.122. The Morgan fingerprint density at radius 1 is 1.40 bits per heavy atom. The van der Waals surface area contributed by atoms with Crippen LogP contribution in [-0.2, 0) is 4.79 Å². The van der Waals surface area contributed by atoms with Crippen molar-refractivity contribution in [3.8, 4) is 0 Å². The van der Waals surface area contributed by atoms with Gasteiger partial charge >= 0.3 is 0 Å². The summed E-state index contributed by atoms with van der Waals surface area (Å²) in [6.45, 7) is 8.34. The van der Waals surface area contributed by atoms with Gasteiger partial charge in [-0.1, -0.05) is 13.8 Å². The highest BCUT2D eigenvalue weighted by molar-refractivity contribution is 5.78. The summed E-state index contributed by atoms with van der Waals surface area (Å²) in [5.74, 6) is -0.0197. The molecular formula is C11H24N2O2. The lowest BCUT2D eigenvalue weighted by Gasteiger charge is -2.25. The first-order valence-electron chi connectivity index (χ1n) is 5.60. The van der Waals surface area contributed by atoms with Crippen molar-refractivity contribution in [2.45, 2.75) is 52.1 Å². The van der Waals surface area contributed by atoms with Crippen LogP contribution >= 0.6 is 0 Å². The first-order chi connectivity index (χ1) is 6.95. The Kier molecular flexibility index (Phi) is 6.52. The molecular weight excluding hydrogens is 192 g/mol. The minimum atomic E-state index is -0.153. The summed E-state index contributed by atoms with van der Waals surface area (Å²) in [7, 11) is 0. The van der Waals surface area contributed by atoms with E-state index in [0.717, 1.165) is 12.8 Å². The molecule has 0 aliphatic rings. The number of aliphatic hydroxyl groups excluding tert-OH is 1. The average Bonchev–Trinajstić information content (AvgIpc) is 2.19. The first kappa shape index (κ1) is 14.4. The molecule has 0 fully saturated rings. The van der Waals surface area contributed by atoms with E-state index < -0.39 is 0 Å². The Balaban J connectivity index is 3.84. The summed E-state index contributed by atoms with van der Waals surface area (Å²) in [6.07, 6.45) is 1.72. The molecule has 4 nitrogen and oxygen atoms in total. The van der Waals surface area contributed by atoms with Gasteiger partial charge in [-0.25, -0.2) is 0 Å². The zero-order chi connectivity index (χ0) is 11.9. The lowest BCUT2D eigenvalue weighted by atomic mass is 10.0. The standard InChI is InChI=1S/C11H24N2O2/c1-5-9(8-14)12-7-10(15)13-11(3,4)6-2/h9,12,14H,5-8H2,1-4H3,(H,13,15). The van der Waals surface area contributed by atoms with Crippen molar-refractivity contribution < 1.29 is 9.90 Å². The fourth-order valence-electron chi connectivity index (χ4n) is 1.09. The molecule has 0 saturated carbocycles. The molecule has 0 heterocycles. The van der Waals surface area contributed by atoms with Gasteiger partial charge in [-0.05, 0) is 26.7 Å². The van der Waals surface area contributed by atoms with E-state index in [0.29, 0.717) is 0 Å². The summed E-state index contributed by atoms with van der Waals surface area (Å²) in [4.78, 5) is 11.5. The van der Waals surface area contributed by atoms with Crippen molar-refractivity contribution in [2.24, 2.45) is 0 Å². The smallest absolute Gasteiger partial charge is 0.234 e. The monoisotopic (exact) mass is 216 g/mol. The van der Waals surface area contributed by atoms with E-state index in [9.17, 15) is 4.79 Å². The quantitative estimate of drug-likeness (QED) is 0.585. The number of hydrogen-bond donors (Lipinski definition) is 3. The van der Waals surface area contributed by atoms with Gasteiger partial charge in [0.25, 0.3) is 0 Å². The molecule has 1 unspecified atom stereocenters. The third-order valence-corrected chi connectivity index (χ3v) is 2.63. The van der Waals surface area contributed by atoms with E-state index in [1.54, 1.807) is 0 Å². The van der Waals surface area contributed by atoms with Crippen LogP contribution in [0.2, 0.25) is 0 Å². The molecule has 0 radical (unpaired) electrons. The number of aliphatic hydroxyl groups is 1. The Morgan fingerprint density at radius 2 is 2.00 bits per heavy atom. The van der Waals surface area contributed by atoms with Crippen LogP contribution in [0.1, 0.15) is 40.5 Å². The molecule has 90 valence electrons. The van der Waals surface area contributed by atoms with E-state index in [1.807, 2.05) is 27.7 Å². The Morgan fingerprint density at radius 3 is 2.40 bits per heavy atom. The molecule has 0 bridgehead atoms. The average molecular weight is 216 g/mol. The maximum Gasteiger partial charge on any atom is 0.234 e. The number of rotatable bonds is 7. The molecule has 3 N–H and O–H groups in total. The van der Waals surface area contributed by atoms with Gasteiger partial charge < -0.3 is 15.7 Å². The second-order valence-corrected chi connectivity index (χ2v) is 4.45. The summed E-state index contributed by atoms with van der Waals surface area (Å²) in [5.41, 5.74) is -0.153. The number of hydrogen-bond acceptors (Lipinski definition) is 3. The highest BCUT2D eigenvalue weighted by Gasteiger charge is 2.17. The van der Waals surface area contributed by atoms with Crippen LogP contribution in [-0.4, -0.2) is 35.7 Å². The second-order valence-electron chi connectivity index (χ2n) is 4.45. The fraction of sp³-hybridized carbons (Fsp3) is 0.909. The zero-order valence-corrected chi connectivity index (χ0v) is 10.3. The molecule has 1 atom stereocenters. The topological polar surface area (TPSA) is 61.4 Å². The van der Waals surface area contributed by atoms with Gasteiger partial charge in [-0.15, -0.1) is 0 Å². The maximum absolute atomic E-state index is 11.5. The van der Waals surface area contributed by atoms with Gasteiger partial charge in [-0.2, -0.15) is 0 Å². The van der Waals surface area contributed by atoms with Crippen molar-refractivity contribution in [1.82, 2.24) is 10.6 Å². The molecule has 1 amide bonds. The minimum absolute atomic E-state index is 0.0143. The van der Waals surface area contributed by atoms with Crippen molar-refractivity contribution in [1.29, 1.82) is 0 Å². The maximum atomic E-state index is 11.5. The zero-order valence-electron chi connectivity index (χ0n) is 10.3. The van der Waals surface area contributed by atoms with Gasteiger partial charge in [0, 0.05) is 11.6 Å². The van der Waals surface area contributed by atoms with Crippen LogP contribution in [0.15, 0.2) is 0 Å². The van der Waals surface area contributed by atoms with E-state index >= 15 is 0 Å². The molecule has 0 aliphatic carbocycles. The van der Waals surface area contributed by atoms with Crippen LogP contribution in [0.25, 0.3) is 0 Å². The van der Waals surface area contributed by atoms with Crippen molar-refractivity contribution >= 4 is 5.91 Å². The SMILES string of the molecule is CCC(CO)NCC(=O)NC(C)(C)CC. The van der Waals surface area contributed by atoms with Crippen LogP contribution in [0.4, 0.5) is 0 Å². The van der Waals surface area contributed by atoms with Gasteiger partial charge in [0.05, 0.1) is 13.2 Å². The van der Waals surface area contributed by atoms with E-state index in [-0.39, 0.29) is 30.6 Å². The van der Waals surface area contributed by atoms with Crippen LogP contribution in [0, 0.1) is 0 Å². The molecule has 4 heteroatoms. The van der Waals surface area contributed by atoms with Crippen molar-refractivity contribution in [3.05, 3.63) is 0 Å². The summed E-state index contributed by atoms with van der Waals surface area (Å²) >= 11 is 0. The van der Waals surface area contributed by atoms with Crippen LogP contribution in [0.3, 0.4) is 0 Å². The highest BCUT2D eigenvalue weighted by atomic mass is 16.3. The fourth-order valence-corrected chi connectivity index (χ4v) is 1.09. The normalized spacial score (nSPS) is 13.7. The van der Waals surface area contributed by atoms with Gasteiger partial charge in [0.1, 0.15) is 0 Å². The number of carbonyl (C=O) groups excluding carboxylic acids is 1. The van der Waals surface area contributed by atoms with E-state index in [4.69, 9.17) is 5.11 Å². The molecule has 15 heavy (non-hydrogen) atoms. The molecule has 0 spiro atoms. The van der Waals surface area contributed by atoms with Gasteiger partial charge in [-0.3, -0.25) is 4.79 Å². The van der Waals surface area contributed by atoms with Gasteiger partial charge in [0.15, 0.2) is 0 Å². The third kappa shape index (κ3) is 6.47. The summed E-state index contributed by atoms with van der Waals surface area (Å²) in [6, 6.07) is 0.0143. The molecule has 0 aliphatic heterocycles. The number of nitrogens with one attached hydrogen (secondary N) is 2. The Bertz CT molecular complexity index is 189. The van der Waals surface area contributed by atoms with Crippen LogP contribution in [0.5, 0.6) is 0 Å². The number of amides is 1. The van der Waals surface area contributed by atoms with E-state index in [1.165, 1.54) is 0 Å². The Labute approximate surface area is 92.4 Å².